The zero-order valence-electron chi connectivity index (χ0n) is 18.5. The molecule has 0 amide bonds. The maximum atomic E-state index is 13.0. The molecule has 2 saturated heterocycles. The second-order valence-corrected chi connectivity index (χ2v) is 11.0. The van der Waals surface area contributed by atoms with Crippen LogP contribution in [-0.4, -0.2) is 101 Å². The van der Waals surface area contributed by atoms with E-state index in [-0.39, 0.29) is 12.0 Å². The molecule has 36 heavy (non-hydrogen) atoms. The number of hydrogen-bond acceptors (Lipinski definition) is 14. The third kappa shape index (κ3) is 6.75. The van der Waals surface area contributed by atoms with Crippen molar-refractivity contribution in [1.29, 1.82) is 0 Å². The van der Waals surface area contributed by atoms with Crippen molar-refractivity contribution < 1.29 is 67.3 Å². The molecule has 3 heterocycles. The summed E-state index contributed by atoms with van der Waals surface area (Å²) in [6.07, 6.45) is -12.4. The number of phosphoric acid groups is 2. The zero-order valence-corrected chi connectivity index (χ0v) is 20.3. The van der Waals surface area contributed by atoms with Crippen molar-refractivity contribution in [3.63, 3.8) is 0 Å². The molecule has 0 saturated carbocycles. The van der Waals surface area contributed by atoms with Gasteiger partial charge in [0.2, 0.25) is 0 Å². The fourth-order valence-electron chi connectivity index (χ4n) is 3.49. The molecular weight excluding hydrogens is 538 g/mol. The minimum absolute atomic E-state index is 0.167. The monoisotopic (exact) mass is 564 g/mol. The van der Waals surface area contributed by atoms with Crippen molar-refractivity contribution >= 4 is 15.6 Å². The molecule has 2 aliphatic heterocycles. The molecule has 0 spiro atoms. The van der Waals surface area contributed by atoms with Gasteiger partial charge in [-0.25, -0.2) is 13.9 Å². The standard InChI is InChI=1S/C16H26N2O16P2/c1-6-3-18(16(25)17-14(6)24)10-2-7(20)9(31-10)5-30-36(29,34-35(26,27)28)33-15-13(23)12(22)11(21)8(4-19)32-15/h3,7-13,15,19-23H,2,4-5H2,1H3,(H,17,24,25)(H2,26,27,28)/t7?,8-,9-,10-,11-,12+,13-,15+,36?/m1/s1. The quantitative estimate of drug-likeness (QED) is 0.135. The molecule has 0 radical (unpaired) electrons. The Kier molecular flexibility index (Phi) is 9.08. The first-order chi connectivity index (χ1) is 16.6. The first kappa shape index (κ1) is 29.2. The van der Waals surface area contributed by atoms with Crippen LogP contribution in [0.15, 0.2) is 15.8 Å². The largest absolute Gasteiger partial charge is 0.486 e. The molecule has 1 aromatic heterocycles. The number of aryl methyl sites for hydroxylation is 1. The molecule has 2 unspecified atom stereocenters. The number of aromatic amines is 1. The molecule has 20 heteroatoms. The summed E-state index contributed by atoms with van der Waals surface area (Å²) in [5, 5.41) is 49.2. The molecule has 2 fully saturated rings. The Balaban J connectivity index is 1.75. The van der Waals surface area contributed by atoms with E-state index in [0.29, 0.717) is 0 Å². The minimum atomic E-state index is -5.57. The van der Waals surface area contributed by atoms with Gasteiger partial charge in [0.1, 0.15) is 36.7 Å². The van der Waals surface area contributed by atoms with Crippen LogP contribution in [-0.2, 0) is 32.0 Å². The third-order valence-electron chi connectivity index (χ3n) is 5.35. The Bertz CT molecular complexity index is 1130. The van der Waals surface area contributed by atoms with E-state index in [4.69, 9.17) is 28.3 Å². The van der Waals surface area contributed by atoms with Crippen LogP contribution in [0.1, 0.15) is 18.2 Å². The average Bonchev–Trinajstić information content (AvgIpc) is 3.14. The fourth-order valence-corrected chi connectivity index (χ4v) is 5.69. The number of phosphoric ester groups is 1. The molecular formula is C16H26N2O16P2. The molecule has 9 atom stereocenters. The summed E-state index contributed by atoms with van der Waals surface area (Å²) in [5.74, 6) is 0. The Morgan fingerprint density at radius 3 is 2.36 bits per heavy atom. The zero-order chi connectivity index (χ0) is 27.0. The number of nitrogens with one attached hydrogen (secondary N) is 1. The minimum Gasteiger partial charge on any atom is -0.394 e. The van der Waals surface area contributed by atoms with E-state index in [1.807, 2.05) is 0 Å². The van der Waals surface area contributed by atoms with E-state index in [0.717, 1.165) is 4.57 Å². The van der Waals surface area contributed by atoms with Gasteiger partial charge in [0.25, 0.3) is 5.56 Å². The predicted octanol–water partition coefficient (Wildman–Crippen LogP) is -3.46. The first-order valence-electron chi connectivity index (χ1n) is 10.3. The average molecular weight is 564 g/mol. The molecule has 206 valence electrons. The summed E-state index contributed by atoms with van der Waals surface area (Å²) in [6, 6.07) is 0. The highest BCUT2D eigenvalue weighted by Gasteiger charge is 2.49. The molecule has 0 aliphatic carbocycles. The van der Waals surface area contributed by atoms with Crippen molar-refractivity contribution in [2.24, 2.45) is 0 Å². The number of aliphatic hydroxyl groups is 5. The second-order valence-electron chi connectivity index (χ2n) is 8.03. The van der Waals surface area contributed by atoms with E-state index < -0.39 is 89.2 Å². The number of H-pyrrole nitrogens is 1. The number of hydrogen-bond donors (Lipinski definition) is 8. The van der Waals surface area contributed by atoms with Gasteiger partial charge in [-0.15, -0.1) is 0 Å². The third-order valence-corrected chi connectivity index (χ3v) is 7.93. The number of nitrogens with zero attached hydrogens (tertiary/aromatic N) is 1. The van der Waals surface area contributed by atoms with E-state index in [2.05, 4.69) is 9.29 Å². The summed E-state index contributed by atoms with van der Waals surface area (Å²) in [4.78, 5) is 43.9. The summed E-state index contributed by atoms with van der Waals surface area (Å²) in [6.45, 7) is -0.349. The van der Waals surface area contributed by atoms with Gasteiger partial charge in [-0.3, -0.25) is 23.4 Å². The van der Waals surface area contributed by atoms with Gasteiger partial charge in [0, 0.05) is 18.2 Å². The van der Waals surface area contributed by atoms with Crippen LogP contribution in [0.4, 0.5) is 0 Å². The molecule has 18 nitrogen and oxygen atoms in total. The van der Waals surface area contributed by atoms with Crippen molar-refractivity contribution in [3.8, 4) is 0 Å². The van der Waals surface area contributed by atoms with Crippen molar-refractivity contribution in [1.82, 2.24) is 9.55 Å². The normalized spacial score (nSPS) is 35.0. The summed E-state index contributed by atoms with van der Waals surface area (Å²) >= 11 is 0. The van der Waals surface area contributed by atoms with Gasteiger partial charge in [0.15, 0.2) is 6.29 Å². The predicted molar refractivity (Wildman–Crippen MR) is 112 cm³/mol. The van der Waals surface area contributed by atoms with Crippen molar-refractivity contribution in [2.45, 2.75) is 62.5 Å². The van der Waals surface area contributed by atoms with Gasteiger partial charge in [-0.2, -0.15) is 4.31 Å². The lowest BCUT2D eigenvalue weighted by Gasteiger charge is -2.40. The van der Waals surface area contributed by atoms with Crippen LogP contribution in [0, 0.1) is 6.92 Å². The maximum Gasteiger partial charge on any atom is 0.486 e. The molecule has 1 aromatic rings. The highest BCUT2D eigenvalue weighted by atomic mass is 31.3. The second kappa shape index (κ2) is 11.2. The number of ether oxygens (including phenoxy) is 2. The molecule has 8 N–H and O–H groups in total. The lowest BCUT2D eigenvalue weighted by molar-refractivity contribution is -0.281. The van der Waals surface area contributed by atoms with Gasteiger partial charge < -0.3 is 44.8 Å². The summed E-state index contributed by atoms with van der Waals surface area (Å²) in [5.41, 5.74) is -1.30. The van der Waals surface area contributed by atoms with Gasteiger partial charge >= 0.3 is 21.3 Å². The molecule has 3 rings (SSSR count). The van der Waals surface area contributed by atoms with E-state index in [1.165, 1.54) is 13.1 Å². The first-order valence-corrected chi connectivity index (χ1v) is 13.3. The highest BCUT2D eigenvalue weighted by molar-refractivity contribution is 7.61. The molecule has 2 aliphatic rings. The summed E-state index contributed by atoms with van der Waals surface area (Å²) < 4.78 is 49.6. The Hall–Kier alpha value is -1.34. The van der Waals surface area contributed by atoms with Crippen LogP contribution >= 0.6 is 15.6 Å². The van der Waals surface area contributed by atoms with Crippen LogP contribution in [0.5, 0.6) is 0 Å². The molecule has 0 bridgehead atoms. The molecule has 0 aromatic carbocycles. The number of aliphatic hydroxyl groups excluding tert-OH is 5. The number of aromatic nitrogens is 2. The van der Waals surface area contributed by atoms with E-state index in [9.17, 15) is 44.3 Å². The lowest BCUT2D eigenvalue weighted by atomic mass is 10.00. The van der Waals surface area contributed by atoms with Crippen molar-refractivity contribution in [2.75, 3.05) is 13.2 Å². The summed E-state index contributed by atoms with van der Waals surface area (Å²) in [7, 11) is -10.9. The Labute approximate surface area is 201 Å². The van der Waals surface area contributed by atoms with Gasteiger partial charge in [-0.1, -0.05) is 0 Å². The van der Waals surface area contributed by atoms with Gasteiger partial charge in [-0.05, 0) is 6.92 Å². The number of rotatable bonds is 9. The fraction of sp³-hybridized carbons (Fsp3) is 0.750. The van der Waals surface area contributed by atoms with Crippen molar-refractivity contribution in [3.05, 3.63) is 32.6 Å². The van der Waals surface area contributed by atoms with Crippen LogP contribution in [0.2, 0.25) is 0 Å². The maximum absolute atomic E-state index is 13.0. The van der Waals surface area contributed by atoms with Crippen LogP contribution < -0.4 is 11.2 Å². The van der Waals surface area contributed by atoms with Gasteiger partial charge in [0.05, 0.1) is 19.3 Å². The highest BCUT2D eigenvalue weighted by Crippen LogP contribution is 2.62. The Morgan fingerprint density at radius 1 is 1.08 bits per heavy atom. The lowest BCUT2D eigenvalue weighted by Crippen LogP contribution is -2.59. The smallest absolute Gasteiger partial charge is 0.394 e. The van der Waals surface area contributed by atoms with Crippen LogP contribution in [0.3, 0.4) is 0 Å². The SMILES string of the molecule is Cc1cn([C@H]2CC(O)[C@@H](COP(=O)(O[C@@H]3O[C@H](CO)[C@@H](O)[C@H](O)[C@H]3O)OP(=O)(O)O)O2)c(=O)[nH]c1=O. The van der Waals surface area contributed by atoms with E-state index in [1.54, 1.807) is 0 Å². The topological polar surface area (TPSA) is 277 Å². The van der Waals surface area contributed by atoms with E-state index >= 15 is 0 Å². The Morgan fingerprint density at radius 2 is 1.75 bits per heavy atom. The van der Waals surface area contributed by atoms with Crippen LogP contribution in [0.25, 0.3) is 0 Å².